The highest BCUT2D eigenvalue weighted by Crippen LogP contribution is 2.41. The number of fused-ring (bicyclic) bond motifs is 1. The minimum atomic E-state index is -0.333. The lowest BCUT2D eigenvalue weighted by molar-refractivity contribution is 0.323. The van der Waals surface area contributed by atoms with Crippen LogP contribution >= 0.6 is 0 Å². The second-order valence-corrected chi connectivity index (χ2v) is 9.97. The summed E-state index contributed by atoms with van der Waals surface area (Å²) in [6, 6.07) is 22.2. The molecule has 7 heteroatoms. The van der Waals surface area contributed by atoms with E-state index in [0.717, 1.165) is 35.0 Å². The smallest absolute Gasteiger partial charge is 0.345 e. The van der Waals surface area contributed by atoms with Crippen molar-refractivity contribution in [1.29, 1.82) is 0 Å². The van der Waals surface area contributed by atoms with Gasteiger partial charge in [-0.15, -0.1) is 0 Å². The number of nitrogens with zero attached hydrogens (tertiary/aromatic N) is 1. The van der Waals surface area contributed by atoms with Crippen LogP contribution in [0.4, 0.5) is 11.6 Å². The number of rotatable bonds is 10. The monoisotopic (exact) mass is 528 g/mol. The van der Waals surface area contributed by atoms with Gasteiger partial charge < -0.3 is 28.8 Å². The summed E-state index contributed by atoms with van der Waals surface area (Å²) in [5.41, 5.74) is 2.65. The van der Waals surface area contributed by atoms with Crippen molar-refractivity contribution in [2.75, 3.05) is 31.5 Å². The van der Waals surface area contributed by atoms with Crippen LogP contribution in [0.5, 0.6) is 17.2 Å². The first kappa shape index (κ1) is 26.5. The van der Waals surface area contributed by atoms with Gasteiger partial charge in [0.25, 0.3) is 0 Å². The fraction of sp³-hybridized carbons (Fsp3) is 0.344. The van der Waals surface area contributed by atoms with Gasteiger partial charge in [-0.3, -0.25) is 0 Å². The Morgan fingerprint density at radius 3 is 2.05 bits per heavy atom. The van der Waals surface area contributed by atoms with Gasteiger partial charge in [0.2, 0.25) is 11.6 Å². The predicted octanol–water partition coefficient (Wildman–Crippen LogP) is 6.77. The first-order chi connectivity index (χ1) is 19.1. The van der Waals surface area contributed by atoms with Crippen LogP contribution in [0.2, 0.25) is 0 Å². The second kappa shape index (κ2) is 12.2. The fourth-order valence-electron chi connectivity index (χ4n) is 5.49. The zero-order chi connectivity index (χ0) is 27.2. The van der Waals surface area contributed by atoms with E-state index >= 15 is 0 Å². The molecule has 1 saturated carbocycles. The summed E-state index contributed by atoms with van der Waals surface area (Å²) in [6.07, 6.45) is 5.70. The first-order valence-electron chi connectivity index (χ1n) is 13.5. The van der Waals surface area contributed by atoms with Gasteiger partial charge in [-0.05, 0) is 42.2 Å². The van der Waals surface area contributed by atoms with Gasteiger partial charge in [0, 0.05) is 24.5 Å². The van der Waals surface area contributed by atoms with E-state index in [4.69, 9.17) is 18.6 Å². The molecule has 1 N–H and O–H groups in total. The number of benzene rings is 3. The lowest BCUT2D eigenvalue weighted by Gasteiger charge is -2.30. The van der Waals surface area contributed by atoms with E-state index in [-0.39, 0.29) is 11.7 Å². The lowest BCUT2D eigenvalue weighted by atomic mass is 9.95. The molecule has 0 saturated heterocycles. The molecule has 1 aromatic heterocycles. The standard InChI is InChI=1S/C32H36N2O5/c1-36-27-18-23(19-28(37-2)30(27)38-3)21-34(20-22-12-6-4-7-13-22)29-25-16-10-11-17-26(25)32(35)39-31(29)33-24-14-8-5-9-15-24/h4,6-7,10-13,16-19,24,33H,5,8-9,14-15,20-21H2,1-3H3. The van der Waals surface area contributed by atoms with Crippen molar-refractivity contribution in [2.24, 2.45) is 0 Å². The van der Waals surface area contributed by atoms with Gasteiger partial charge in [0.15, 0.2) is 11.5 Å². The molecule has 1 aliphatic rings. The number of hydrogen-bond donors (Lipinski definition) is 1. The molecule has 0 bridgehead atoms. The zero-order valence-corrected chi connectivity index (χ0v) is 22.9. The Balaban J connectivity index is 1.66. The number of ether oxygens (including phenoxy) is 3. The van der Waals surface area contributed by atoms with Gasteiger partial charge in [0.05, 0.1) is 26.7 Å². The highest BCUT2D eigenvalue weighted by atomic mass is 16.5. The molecule has 0 atom stereocenters. The molecule has 0 unspecified atom stereocenters. The van der Waals surface area contributed by atoms with E-state index in [9.17, 15) is 4.79 Å². The van der Waals surface area contributed by atoms with Crippen molar-refractivity contribution in [3.05, 3.63) is 88.3 Å². The Labute approximate surface area is 229 Å². The summed E-state index contributed by atoms with van der Waals surface area (Å²) >= 11 is 0. The molecular formula is C32H36N2O5. The molecule has 1 fully saturated rings. The normalized spacial score (nSPS) is 13.7. The average molecular weight is 529 g/mol. The maximum Gasteiger partial charge on any atom is 0.345 e. The van der Waals surface area contributed by atoms with Crippen molar-refractivity contribution >= 4 is 22.3 Å². The van der Waals surface area contributed by atoms with E-state index in [1.165, 1.54) is 19.3 Å². The average Bonchev–Trinajstić information content (AvgIpc) is 2.97. The van der Waals surface area contributed by atoms with Gasteiger partial charge >= 0.3 is 5.63 Å². The van der Waals surface area contributed by atoms with E-state index < -0.39 is 0 Å². The summed E-state index contributed by atoms with van der Waals surface area (Å²) in [7, 11) is 4.84. The number of methoxy groups -OCH3 is 3. The SMILES string of the molecule is COc1cc(CN(Cc2ccccc2)c2c(NC3CCCCC3)oc(=O)c3ccccc23)cc(OC)c1OC. The quantitative estimate of drug-likeness (QED) is 0.243. The Kier molecular flexibility index (Phi) is 8.25. The number of hydrogen-bond acceptors (Lipinski definition) is 7. The van der Waals surface area contributed by atoms with Crippen LogP contribution in [0.25, 0.3) is 10.8 Å². The summed E-state index contributed by atoms with van der Waals surface area (Å²) in [6.45, 7) is 1.12. The molecular weight excluding hydrogens is 492 g/mol. The Morgan fingerprint density at radius 2 is 1.41 bits per heavy atom. The Morgan fingerprint density at radius 1 is 0.795 bits per heavy atom. The summed E-state index contributed by atoms with van der Waals surface area (Å²) in [5, 5.41) is 5.04. The highest BCUT2D eigenvalue weighted by molar-refractivity contribution is 5.97. The third-order valence-corrected chi connectivity index (χ3v) is 7.38. The topological polar surface area (TPSA) is 73.2 Å². The van der Waals surface area contributed by atoms with Gasteiger partial charge in [-0.25, -0.2) is 4.79 Å². The fourth-order valence-corrected chi connectivity index (χ4v) is 5.49. The van der Waals surface area contributed by atoms with E-state index in [1.54, 1.807) is 21.3 Å². The maximum absolute atomic E-state index is 13.1. The summed E-state index contributed by atoms with van der Waals surface area (Å²) in [5.74, 6) is 2.26. The molecule has 5 rings (SSSR count). The van der Waals surface area contributed by atoms with Crippen LogP contribution in [-0.4, -0.2) is 27.4 Å². The summed E-state index contributed by atoms with van der Waals surface area (Å²) in [4.78, 5) is 15.4. The molecule has 204 valence electrons. The second-order valence-electron chi connectivity index (χ2n) is 9.97. The minimum absolute atomic E-state index is 0.265. The van der Waals surface area contributed by atoms with Gasteiger partial charge in [0.1, 0.15) is 5.69 Å². The Bertz CT molecular complexity index is 1440. The van der Waals surface area contributed by atoms with Crippen molar-refractivity contribution in [3.63, 3.8) is 0 Å². The molecule has 0 amide bonds. The van der Waals surface area contributed by atoms with E-state index in [2.05, 4.69) is 22.3 Å². The molecule has 0 aliphatic heterocycles. The van der Waals surface area contributed by atoms with Crippen molar-refractivity contribution in [3.8, 4) is 17.2 Å². The third-order valence-electron chi connectivity index (χ3n) is 7.38. The largest absolute Gasteiger partial charge is 0.493 e. The van der Waals surface area contributed by atoms with Gasteiger partial charge in [-0.2, -0.15) is 0 Å². The molecule has 7 nitrogen and oxygen atoms in total. The van der Waals surface area contributed by atoms with Crippen molar-refractivity contribution < 1.29 is 18.6 Å². The molecule has 3 aromatic carbocycles. The van der Waals surface area contributed by atoms with Crippen LogP contribution in [-0.2, 0) is 13.1 Å². The molecule has 1 aliphatic carbocycles. The predicted molar refractivity (Wildman–Crippen MR) is 155 cm³/mol. The van der Waals surface area contributed by atoms with Crippen LogP contribution < -0.4 is 30.1 Å². The lowest BCUT2D eigenvalue weighted by Crippen LogP contribution is -2.28. The molecule has 0 radical (unpaired) electrons. The van der Waals surface area contributed by atoms with E-state index in [1.807, 2.05) is 54.6 Å². The van der Waals surface area contributed by atoms with E-state index in [0.29, 0.717) is 41.6 Å². The summed E-state index contributed by atoms with van der Waals surface area (Å²) < 4.78 is 22.9. The highest BCUT2D eigenvalue weighted by Gasteiger charge is 2.24. The van der Waals surface area contributed by atoms with Crippen LogP contribution in [0.1, 0.15) is 43.2 Å². The maximum atomic E-state index is 13.1. The third kappa shape index (κ3) is 5.82. The first-order valence-corrected chi connectivity index (χ1v) is 13.5. The van der Waals surface area contributed by atoms with Crippen LogP contribution in [0.15, 0.2) is 75.9 Å². The molecule has 4 aromatic rings. The molecule has 0 spiro atoms. The van der Waals surface area contributed by atoms with Crippen molar-refractivity contribution in [1.82, 2.24) is 0 Å². The van der Waals surface area contributed by atoms with Crippen molar-refractivity contribution in [2.45, 2.75) is 51.2 Å². The van der Waals surface area contributed by atoms with Crippen LogP contribution in [0.3, 0.4) is 0 Å². The Hall–Kier alpha value is -4.13. The minimum Gasteiger partial charge on any atom is -0.493 e. The number of anilines is 2. The van der Waals surface area contributed by atoms with Crippen LogP contribution in [0, 0.1) is 0 Å². The van der Waals surface area contributed by atoms with Gasteiger partial charge in [-0.1, -0.05) is 67.8 Å². The molecule has 39 heavy (non-hydrogen) atoms. The molecule has 1 heterocycles. The zero-order valence-electron chi connectivity index (χ0n) is 22.9. The number of nitrogens with one attached hydrogen (secondary N) is 1.